The van der Waals surface area contributed by atoms with Crippen molar-refractivity contribution in [2.45, 2.75) is 6.18 Å². The van der Waals surface area contributed by atoms with Crippen LogP contribution in [-0.2, 0) is 9.59 Å². The standard InChI is InChI=1S/C9H14F3N3O5/c10-9(11,12)5-14(1-2-16)8(20)15(3-6(13)17)4-7(18)19/h16H,1-5H2,(H2,13,17)(H,18,19). The molecule has 4 N–H and O–H groups in total. The molecule has 0 unspecified atom stereocenters. The highest BCUT2D eigenvalue weighted by Gasteiger charge is 2.35. The number of carbonyl (C=O) groups is 3. The second-order valence-corrected chi connectivity index (χ2v) is 3.76. The van der Waals surface area contributed by atoms with Crippen molar-refractivity contribution in [1.29, 1.82) is 0 Å². The first-order valence-electron chi connectivity index (χ1n) is 5.28. The van der Waals surface area contributed by atoms with Gasteiger partial charge in [-0.3, -0.25) is 9.59 Å². The van der Waals surface area contributed by atoms with E-state index in [0.717, 1.165) is 0 Å². The van der Waals surface area contributed by atoms with Gasteiger partial charge in [-0.1, -0.05) is 0 Å². The van der Waals surface area contributed by atoms with Crippen LogP contribution in [0.25, 0.3) is 0 Å². The zero-order valence-corrected chi connectivity index (χ0v) is 10.3. The lowest BCUT2D eigenvalue weighted by molar-refractivity contribution is -0.142. The van der Waals surface area contributed by atoms with E-state index in [1.54, 1.807) is 0 Å². The zero-order valence-electron chi connectivity index (χ0n) is 10.3. The molecule has 0 saturated carbocycles. The lowest BCUT2D eigenvalue weighted by Gasteiger charge is -2.29. The maximum absolute atomic E-state index is 12.3. The molecule has 0 radical (unpaired) electrons. The van der Waals surface area contributed by atoms with E-state index in [4.69, 9.17) is 15.9 Å². The highest BCUT2D eigenvalue weighted by Crippen LogP contribution is 2.17. The minimum atomic E-state index is -4.73. The monoisotopic (exact) mass is 301 g/mol. The fourth-order valence-electron chi connectivity index (χ4n) is 1.32. The first-order valence-corrected chi connectivity index (χ1v) is 5.28. The molecule has 0 rings (SSSR count). The molecular weight excluding hydrogens is 287 g/mol. The van der Waals surface area contributed by atoms with Gasteiger partial charge in [0.25, 0.3) is 0 Å². The molecule has 0 aliphatic rings. The number of primary amides is 1. The van der Waals surface area contributed by atoms with E-state index in [9.17, 15) is 27.6 Å². The molecule has 20 heavy (non-hydrogen) atoms. The summed E-state index contributed by atoms with van der Waals surface area (Å²) >= 11 is 0. The maximum atomic E-state index is 12.3. The number of carboxylic acid groups (broad SMARTS) is 1. The van der Waals surface area contributed by atoms with Gasteiger partial charge in [0.1, 0.15) is 19.6 Å². The molecule has 116 valence electrons. The number of hydrogen-bond acceptors (Lipinski definition) is 4. The molecular formula is C9H14F3N3O5. The van der Waals surface area contributed by atoms with Crippen LogP contribution in [0.4, 0.5) is 18.0 Å². The number of carboxylic acids is 1. The van der Waals surface area contributed by atoms with Crippen LogP contribution < -0.4 is 5.73 Å². The van der Waals surface area contributed by atoms with Crippen LogP contribution in [0.5, 0.6) is 0 Å². The van der Waals surface area contributed by atoms with Crippen molar-refractivity contribution in [3.05, 3.63) is 0 Å². The van der Waals surface area contributed by atoms with Crippen LogP contribution in [0, 0.1) is 0 Å². The SMILES string of the molecule is NC(=O)CN(CC(=O)O)C(=O)N(CCO)CC(F)(F)F. The number of alkyl halides is 3. The third kappa shape index (κ3) is 7.41. The largest absolute Gasteiger partial charge is 0.480 e. The molecule has 0 spiro atoms. The third-order valence-electron chi connectivity index (χ3n) is 1.95. The smallest absolute Gasteiger partial charge is 0.406 e. The van der Waals surface area contributed by atoms with Crippen molar-refractivity contribution >= 4 is 17.9 Å². The summed E-state index contributed by atoms with van der Waals surface area (Å²) in [5.74, 6) is -2.59. The average molecular weight is 301 g/mol. The molecule has 8 nitrogen and oxygen atoms in total. The van der Waals surface area contributed by atoms with Crippen molar-refractivity contribution in [3.63, 3.8) is 0 Å². The Balaban J connectivity index is 5.02. The summed E-state index contributed by atoms with van der Waals surface area (Å²) in [6, 6.07) is -1.35. The highest BCUT2D eigenvalue weighted by atomic mass is 19.4. The Bertz CT molecular complexity index is 358. The summed E-state index contributed by atoms with van der Waals surface area (Å²) < 4.78 is 36.8. The topological polar surface area (TPSA) is 124 Å². The van der Waals surface area contributed by atoms with Gasteiger partial charge < -0.3 is 25.7 Å². The van der Waals surface area contributed by atoms with Gasteiger partial charge >= 0.3 is 18.2 Å². The third-order valence-corrected chi connectivity index (χ3v) is 1.95. The van der Waals surface area contributed by atoms with Crippen molar-refractivity contribution < 1.29 is 37.8 Å². The van der Waals surface area contributed by atoms with Crippen LogP contribution in [0.3, 0.4) is 0 Å². The lowest BCUT2D eigenvalue weighted by Crippen LogP contribution is -2.51. The molecule has 3 amide bonds. The van der Waals surface area contributed by atoms with Gasteiger partial charge in [0, 0.05) is 6.54 Å². The Hall–Kier alpha value is -2.04. The Morgan fingerprint density at radius 2 is 1.65 bits per heavy atom. The molecule has 0 aliphatic carbocycles. The van der Waals surface area contributed by atoms with Gasteiger partial charge in [-0.2, -0.15) is 13.2 Å². The van der Waals surface area contributed by atoms with Crippen LogP contribution in [0.2, 0.25) is 0 Å². The molecule has 0 aliphatic heterocycles. The molecule has 0 aromatic carbocycles. The maximum Gasteiger partial charge on any atom is 0.406 e. The Kier molecular flexibility index (Phi) is 6.76. The normalized spacial score (nSPS) is 11.0. The predicted octanol–water partition coefficient (Wildman–Crippen LogP) is -1.17. The Morgan fingerprint density at radius 3 is 2.00 bits per heavy atom. The zero-order chi connectivity index (χ0) is 15.9. The fourth-order valence-corrected chi connectivity index (χ4v) is 1.32. The van der Waals surface area contributed by atoms with Crippen molar-refractivity contribution in [2.24, 2.45) is 5.73 Å². The van der Waals surface area contributed by atoms with E-state index in [0.29, 0.717) is 4.90 Å². The van der Waals surface area contributed by atoms with Crippen molar-refractivity contribution in [2.75, 3.05) is 32.8 Å². The fraction of sp³-hybridized carbons (Fsp3) is 0.667. The predicted molar refractivity (Wildman–Crippen MR) is 58.5 cm³/mol. The molecule has 0 heterocycles. The first kappa shape index (κ1) is 18.0. The number of nitrogens with zero attached hydrogens (tertiary/aromatic N) is 2. The number of aliphatic carboxylic acids is 1. The van der Waals surface area contributed by atoms with E-state index in [1.807, 2.05) is 0 Å². The minimum Gasteiger partial charge on any atom is -0.480 e. The molecule has 0 aromatic heterocycles. The second kappa shape index (κ2) is 7.53. The molecule has 11 heteroatoms. The van der Waals surface area contributed by atoms with E-state index < -0.39 is 56.9 Å². The van der Waals surface area contributed by atoms with Crippen molar-refractivity contribution in [3.8, 4) is 0 Å². The minimum absolute atomic E-state index is 0.186. The number of halogens is 3. The second-order valence-electron chi connectivity index (χ2n) is 3.76. The quantitative estimate of drug-likeness (QED) is 0.547. The molecule has 0 aromatic rings. The number of rotatable bonds is 7. The van der Waals surface area contributed by atoms with Crippen molar-refractivity contribution in [1.82, 2.24) is 9.80 Å². The van der Waals surface area contributed by atoms with Gasteiger partial charge in [-0.25, -0.2) is 4.79 Å². The molecule has 0 saturated heterocycles. The van der Waals surface area contributed by atoms with Gasteiger partial charge in [0.2, 0.25) is 5.91 Å². The average Bonchev–Trinajstić information content (AvgIpc) is 2.23. The number of carbonyl (C=O) groups excluding carboxylic acids is 2. The van der Waals surface area contributed by atoms with Crippen LogP contribution in [-0.4, -0.2) is 76.9 Å². The molecule has 0 fully saturated rings. The van der Waals surface area contributed by atoms with Gasteiger partial charge in [0.05, 0.1) is 6.61 Å². The van der Waals surface area contributed by atoms with Gasteiger partial charge in [0.15, 0.2) is 0 Å². The van der Waals surface area contributed by atoms with E-state index in [1.165, 1.54) is 0 Å². The van der Waals surface area contributed by atoms with E-state index >= 15 is 0 Å². The Morgan fingerprint density at radius 1 is 1.10 bits per heavy atom. The van der Waals surface area contributed by atoms with Crippen LogP contribution in [0.15, 0.2) is 0 Å². The van der Waals surface area contributed by atoms with Gasteiger partial charge in [-0.15, -0.1) is 0 Å². The molecule has 0 bridgehead atoms. The number of amides is 3. The number of aliphatic hydroxyl groups is 1. The number of aliphatic hydroxyl groups excluding tert-OH is 1. The van der Waals surface area contributed by atoms with Crippen LogP contribution in [0.1, 0.15) is 0 Å². The summed E-state index contributed by atoms with van der Waals surface area (Å²) in [5, 5.41) is 17.2. The number of urea groups is 1. The van der Waals surface area contributed by atoms with E-state index in [-0.39, 0.29) is 4.90 Å². The number of hydrogen-bond donors (Lipinski definition) is 3. The number of nitrogens with two attached hydrogens (primary N) is 1. The summed E-state index contributed by atoms with van der Waals surface area (Å²) in [4.78, 5) is 33.5. The summed E-state index contributed by atoms with van der Waals surface area (Å²) in [6.07, 6.45) is -4.73. The van der Waals surface area contributed by atoms with E-state index in [2.05, 4.69) is 0 Å². The molecule has 0 atom stereocenters. The Labute approximate surface area is 111 Å². The highest BCUT2D eigenvalue weighted by molar-refractivity contribution is 5.86. The first-order chi connectivity index (χ1) is 9.06. The summed E-state index contributed by atoms with van der Waals surface area (Å²) in [7, 11) is 0. The summed E-state index contributed by atoms with van der Waals surface area (Å²) in [6.45, 7) is -4.92. The van der Waals surface area contributed by atoms with Crippen LogP contribution >= 0.6 is 0 Å². The van der Waals surface area contributed by atoms with Gasteiger partial charge in [-0.05, 0) is 0 Å². The summed E-state index contributed by atoms with van der Waals surface area (Å²) in [5.41, 5.74) is 4.79. The lowest BCUT2D eigenvalue weighted by atomic mass is 10.4.